The Morgan fingerprint density at radius 2 is 1.40 bits per heavy atom. The average molecular weight is 362 g/mol. The van der Waals surface area contributed by atoms with E-state index in [9.17, 15) is 0 Å². The maximum absolute atomic E-state index is 5.83. The Bertz CT molecular complexity index is 277. The molecule has 0 saturated carbocycles. The minimum absolute atomic E-state index is 0.210. The predicted molar refractivity (Wildman–Crippen MR) is 104 cm³/mol. The lowest BCUT2D eigenvalue weighted by Gasteiger charge is -2.36. The van der Waals surface area contributed by atoms with E-state index in [0.29, 0.717) is 0 Å². The highest BCUT2D eigenvalue weighted by atomic mass is 16.9. The molecule has 0 amide bonds. The van der Waals surface area contributed by atoms with Crippen LogP contribution in [0.15, 0.2) is 0 Å². The van der Waals surface area contributed by atoms with Crippen LogP contribution in [0.2, 0.25) is 0 Å². The Morgan fingerprint density at radius 3 is 1.96 bits per heavy atom. The van der Waals surface area contributed by atoms with Crippen LogP contribution < -0.4 is 5.32 Å². The molecule has 0 heterocycles. The van der Waals surface area contributed by atoms with Crippen molar-refractivity contribution >= 4 is 0 Å². The van der Waals surface area contributed by atoms with Gasteiger partial charge in [0.15, 0.2) is 0 Å². The molecule has 0 saturated heterocycles. The summed E-state index contributed by atoms with van der Waals surface area (Å²) in [6, 6.07) is 0. The van der Waals surface area contributed by atoms with E-state index < -0.39 is 5.97 Å². The van der Waals surface area contributed by atoms with Crippen LogP contribution in [0.4, 0.5) is 0 Å². The van der Waals surface area contributed by atoms with Gasteiger partial charge < -0.3 is 24.3 Å². The molecule has 0 aromatic heterocycles. The number of hydrogen-bond acceptors (Lipinski definition) is 5. The van der Waals surface area contributed by atoms with E-state index in [1.807, 2.05) is 7.05 Å². The molecular weight excluding hydrogens is 318 g/mol. The van der Waals surface area contributed by atoms with Crippen LogP contribution in [-0.4, -0.2) is 53.6 Å². The van der Waals surface area contributed by atoms with Crippen LogP contribution in [0.25, 0.3) is 0 Å². The van der Waals surface area contributed by atoms with Crippen molar-refractivity contribution in [1.29, 1.82) is 0 Å². The van der Waals surface area contributed by atoms with Gasteiger partial charge in [0.05, 0.1) is 6.10 Å². The third-order valence-electron chi connectivity index (χ3n) is 4.85. The lowest BCUT2D eigenvalue weighted by molar-refractivity contribution is -0.380. The fourth-order valence-electron chi connectivity index (χ4n) is 3.38. The highest BCUT2D eigenvalue weighted by molar-refractivity contribution is 4.72. The number of likely N-dealkylation sites (N-methyl/N-ethyl adjacent to an activating group) is 1. The van der Waals surface area contributed by atoms with Gasteiger partial charge in [0, 0.05) is 40.4 Å². The van der Waals surface area contributed by atoms with E-state index in [4.69, 9.17) is 18.9 Å². The monoisotopic (exact) mass is 361 g/mol. The molecule has 0 bridgehead atoms. The second-order valence-corrected chi connectivity index (χ2v) is 6.85. The molecule has 1 N–H and O–H groups in total. The van der Waals surface area contributed by atoms with Gasteiger partial charge in [-0.2, -0.15) is 0 Å². The summed E-state index contributed by atoms with van der Waals surface area (Å²) < 4.78 is 22.7. The molecule has 0 rings (SSSR count). The average Bonchev–Trinajstić information content (AvgIpc) is 2.62. The van der Waals surface area contributed by atoms with Gasteiger partial charge in [-0.25, -0.2) is 0 Å². The minimum Gasteiger partial charge on any atom is -0.377 e. The molecule has 0 aliphatic heterocycles. The first kappa shape index (κ1) is 24.8. The lowest BCUT2D eigenvalue weighted by Crippen LogP contribution is -2.44. The summed E-state index contributed by atoms with van der Waals surface area (Å²) >= 11 is 0. The van der Waals surface area contributed by atoms with Crippen LogP contribution in [0.3, 0.4) is 0 Å². The third kappa shape index (κ3) is 10.5. The number of rotatable bonds is 18. The van der Waals surface area contributed by atoms with Crippen molar-refractivity contribution in [1.82, 2.24) is 5.32 Å². The van der Waals surface area contributed by atoms with Crippen molar-refractivity contribution in [3.8, 4) is 0 Å². The number of hydrogen-bond donors (Lipinski definition) is 1. The van der Waals surface area contributed by atoms with Gasteiger partial charge in [-0.05, 0) is 33.2 Å². The molecule has 0 aliphatic rings. The van der Waals surface area contributed by atoms with Crippen LogP contribution in [0.1, 0.15) is 71.6 Å². The van der Waals surface area contributed by atoms with E-state index in [1.165, 1.54) is 38.5 Å². The summed E-state index contributed by atoms with van der Waals surface area (Å²) in [5.74, 6) is -0.734. The van der Waals surface area contributed by atoms with Gasteiger partial charge in [0.2, 0.25) is 0 Å². The summed E-state index contributed by atoms with van der Waals surface area (Å²) in [4.78, 5) is 0. The topological polar surface area (TPSA) is 49.0 Å². The zero-order chi connectivity index (χ0) is 19.0. The highest BCUT2D eigenvalue weighted by Gasteiger charge is 2.39. The van der Waals surface area contributed by atoms with Crippen LogP contribution in [-0.2, 0) is 18.9 Å². The SMILES string of the molecule is CCCCCCCCC(CCCOC(C)CNC)C(OC)(OC)OC. The van der Waals surface area contributed by atoms with Crippen molar-refractivity contribution in [3.63, 3.8) is 0 Å². The zero-order valence-electron chi connectivity index (χ0n) is 17.6. The van der Waals surface area contributed by atoms with Gasteiger partial charge in [-0.1, -0.05) is 45.4 Å². The fraction of sp³-hybridized carbons (Fsp3) is 1.00. The highest BCUT2D eigenvalue weighted by Crippen LogP contribution is 2.32. The first-order valence-corrected chi connectivity index (χ1v) is 10.0. The first-order valence-electron chi connectivity index (χ1n) is 10.0. The Kier molecular flexibility index (Phi) is 15.9. The largest absolute Gasteiger partial charge is 0.377 e. The van der Waals surface area contributed by atoms with Crippen molar-refractivity contribution in [3.05, 3.63) is 0 Å². The van der Waals surface area contributed by atoms with E-state index >= 15 is 0 Å². The molecule has 5 heteroatoms. The maximum Gasteiger partial charge on any atom is 0.285 e. The van der Waals surface area contributed by atoms with Gasteiger partial charge in [-0.3, -0.25) is 0 Å². The predicted octanol–water partition coefficient (Wildman–Crippen LogP) is 4.35. The maximum atomic E-state index is 5.83. The summed E-state index contributed by atoms with van der Waals surface area (Å²) in [5.41, 5.74) is 0. The smallest absolute Gasteiger partial charge is 0.285 e. The second kappa shape index (κ2) is 16.0. The number of unbranched alkanes of at least 4 members (excludes halogenated alkanes) is 5. The Morgan fingerprint density at radius 1 is 0.840 bits per heavy atom. The molecule has 25 heavy (non-hydrogen) atoms. The zero-order valence-corrected chi connectivity index (χ0v) is 17.6. The van der Waals surface area contributed by atoms with Crippen LogP contribution in [0.5, 0.6) is 0 Å². The van der Waals surface area contributed by atoms with Crippen molar-refractivity contribution in [2.75, 3.05) is 41.5 Å². The molecule has 0 aromatic rings. The van der Waals surface area contributed by atoms with E-state index in [-0.39, 0.29) is 12.0 Å². The number of ether oxygens (including phenoxy) is 4. The Labute approximate surface area is 156 Å². The summed E-state index contributed by atoms with van der Waals surface area (Å²) in [6.07, 6.45) is 10.9. The van der Waals surface area contributed by atoms with Crippen molar-refractivity contribution in [2.45, 2.75) is 83.7 Å². The normalized spacial score (nSPS) is 14.6. The van der Waals surface area contributed by atoms with Gasteiger partial charge >= 0.3 is 0 Å². The number of methoxy groups -OCH3 is 3. The van der Waals surface area contributed by atoms with Crippen molar-refractivity contribution in [2.24, 2.45) is 5.92 Å². The molecule has 5 nitrogen and oxygen atoms in total. The van der Waals surface area contributed by atoms with E-state index in [1.54, 1.807) is 21.3 Å². The van der Waals surface area contributed by atoms with Crippen molar-refractivity contribution < 1.29 is 18.9 Å². The molecule has 152 valence electrons. The van der Waals surface area contributed by atoms with Crippen LogP contribution in [0, 0.1) is 5.92 Å². The summed E-state index contributed by atoms with van der Waals surface area (Å²) in [6.45, 7) is 5.97. The second-order valence-electron chi connectivity index (χ2n) is 6.85. The molecule has 0 spiro atoms. The molecule has 0 aromatic carbocycles. The Balaban J connectivity index is 4.38. The summed E-state index contributed by atoms with van der Waals surface area (Å²) in [7, 11) is 6.92. The molecule has 0 radical (unpaired) electrons. The lowest BCUT2D eigenvalue weighted by atomic mass is 9.93. The van der Waals surface area contributed by atoms with Gasteiger partial charge in [-0.15, -0.1) is 0 Å². The molecule has 0 fully saturated rings. The third-order valence-corrected chi connectivity index (χ3v) is 4.85. The standard InChI is InChI=1S/C20H43NO4/c1-7-8-9-10-11-12-14-19(20(22-4,23-5)24-6)15-13-16-25-18(2)17-21-3/h18-19,21H,7-17H2,1-6H3. The summed E-state index contributed by atoms with van der Waals surface area (Å²) in [5, 5.41) is 3.13. The molecular formula is C20H43NO4. The molecule has 2 atom stereocenters. The Hall–Kier alpha value is -0.200. The molecule has 0 aliphatic carbocycles. The van der Waals surface area contributed by atoms with Crippen LogP contribution >= 0.6 is 0 Å². The number of nitrogens with one attached hydrogen (secondary N) is 1. The van der Waals surface area contributed by atoms with Gasteiger partial charge in [0.1, 0.15) is 0 Å². The quantitative estimate of drug-likeness (QED) is 0.290. The van der Waals surface area contributed by atoms with E-state index in [2.05, 4.69) is 19.2 Å². The first-order chi connectivity index (χ1) is 12.1. The minimum atomic E-state index is -0.944. The van der Waals surface area contributed by atoms with E-state index in [0.717, 1.165) is 32.4 Å². The fourth-order valence-corrected chi connectivity index (χ4v) is 3.38. The van der Waals surface area contributed by atoms with Gasteiger partial charge in [0.25, 0.3) is 5.97 Å². The molecule has 2 unspecified atom stereocenters.